The fraction of sp³-hybridized carbons (Fsp3) is 0.429. The first-order chi connectivity index (χ1) is 9.67. The lowest BCUT2D eigenvalue weighted by Gasteiger charge is -2.27. The van der Waals surface area contributed by atoms with E-state index < -0.39 is 5.97 Å². The normalized spacial score (nSPS) is 14.8. The second-order valence-corrected chi connectivity index (χ2v) is 4.31. The van der Waals surface area contributed by atoms with Gasteiger partial charge in [0, 0.05) is 18.7 Å². The predicted octanol–water partition coefficient (Wildman–Crippen LogP) is 0.954. The lowest BCUT2D eigenvalue weighted by molar-refractivity contribution is 0.0302. The number of hydrogen-bond donors (Lipinski definition) is 0. The highest BCUT2D eigenvalue weighted by Gasteiger charge is 2.21. The summed E-state index contributed by atoms with van der Waals surface area (Å²) in [6.45, 7) is 2.23. The van der Waals surface area contributed by atoms with Crippen LogP contribution in [0.5, 0.6) is 5.75 Å². The average Bonchev–Trinajstić information content (AvgIpc) is 2.53. The number of esters is 1. The van der Waals surface area contributed by atoms with Gasteiger partial charge in [0.2, 0.25) is 0 Å². The van der Waals surface area contributed by atoms with E-state index in [9.17, 15) is 9.59 Å². The lowest BCUT2D eigenvalue weighted by Crippen LogP contribution is -2.40. The molecule has 1 saturated heterocycles. The van der Waals surface area contributed by atoms with Gasteiger partial charge in [-0.2, -0.15) is 0 Å². The summed E-state index contributed by atoms with van der Waals surface area (Å²) in [5, 5.41) is 0. The highest BCUT2D eigenvalue weighted by Crippen LogP contribution is 2.22. The van der Waals surface area contributed by atoms with Gasteiger partial charge in [0.15, 0.2) is 0 Å². The van der Waals surface area contributed by atoms with Crippen LogP contribution in [-0.2, 0) is 9.47 Å². The monoisotopic (exact) mass is 279 g/mol. The quantitative estimate of drug-likeness (QED) is 0.771. The van der Waals surface area contributed by atoms with Crippen LogP contribution >= 0.6 is 0 Å². The molecule has 0 bridgehead atoms. The molecule has 0 atom stereocenters. The Kier molecular flexibility index (Phi) is 4.57. The van der Waals surface area contributed by atoms with Crippen LogP contribution in [0, 0.1) is 0 Å². The number of carbonyl (C=O) groups is 2. The van der Waals surface area contributed by atoms with Gasteiger partial charge in [-0.1, -0.05) is 0 Å². The third-order valence-corrected chi connectivity index (χ3v) is 3.15. The fourth-order valence-electron chi connectivity index (χ4n) is 2.05. The van der Waals surface area contributed by atoms with E-state index in [0.717, 1.165) is 0 Å². The number of morpholine rings is 1. The summed E-state index contributed by atoms with van der Waals surface area (Å²) < 4.78 is 15.0. The minimum absolute atomic E-state index is 0.0944. The molecule has 1 aliphatic rings. The van der Waals surface area contributed by atoms with Crippen LogP contribution in [0.15, 0.2) is 18.2 Å². The van der Waals surface area contributed by atoms with Crippen molar-refractivity contribution >= 4 is 11.9 Å². The molecule has 1 aromatic carbocycles. The molecular weight excluding hydrogens is 262 g/mol. The zero-order valence-electron chi connectivity index (χ0n) is 11.5. The van der Waals surface area contributed by atoms with Crippen molar-refractivity contribution in [3.05, 3.63) is 29.3 Å². The Morgan fingerprint density at radius 2 is 1.90 bits per heavy atom. The molecule has 108 valence electrons. The second-order valence-electron chi connectivity index (χ2n) is 4.31. The van der Waals surface area contributed by atoms with Crippen LogP contribution in [0.3, 0.4) is 0 Å². The van der Waals surface area contributed by atoms with Crippen molar-refractivity contribution in [2.24, 2.45) is 0 Å². The molecule has 0 aromatic heterocycles. The van der Waals surface area contributed by atoms with Crippen LogP contribution in [0.25, 0.3) is 0 Å². The van der Waals surface area contributed by atoms with Crippen LogP contribution in [-0.4, -0.2) is 57.3 Å². The summed E-state index contributed by atoms with van der Waals surface area (Å²) in [5.41, 5.74) is 0.782. The molecule has 1 fully saturated rings. The zero-order valence-corrected chi connectivity index (χ0v) is 11.5. The highest BCUT2D eigenvalue weighted by molar-refractivity contribution is 5.98. The van der Waals surface area contributed by atoms with Gasteiger partial charge < -0.3 is 19.1 Å². The van der Waals surface area contributed by atoms with E-state index in [2.05, 4.69) is 4.74 Å². The molecule has 1 heterocycles. The van der Waals surface area contributed by atoms with Gasteiger partial charge >= 0.3 is 5.97 Å². The Labute approximate surface area is 117 Å². The summed E-state index contributed by atoms with van der Waals surface area (Å²) >= 11 is 0. The number of benzene rings is 1. The summed E-state index contributed by atoms with van der Waals surface area (Å²) in [6, 6.07) is 4.70. The lowest BCUT2D eigenvalue weighted by atomic mass is 10.1. The van der Waals surface area contributed by atoms with Crippen molar-refractivity contribution in [2.75, 3.05) is 40.5 Å². The molecule has 1 aliphatic heterocycles. The molecule has 1 aromatic rings. The van der Waals surface area contributed by atoms with Crippen LogP contribution in [0.2, 0.25) is 0 Å². The van der Waals surface area contributed by atoms with Crippen molar-refractivity contribution in [3.8, 4) is 5.75 Å². The minimum Gasteiger partial charge on any atom is -0.496 e. The Balaban J connectivity index is 2.24. The summed E-state index contributed by atoms with van der Waals surface area (Å²) in [4.78, 5) is 25.6. The van der Waals surface area contributed by atoms with Crippen LogP contribution < -0.4 is 4.74 Å². The Hall–Kier alpha value is -2.08. The Morgan fingerprint density at radius 1 is 1.20 bits per heavy atom. The Morgan fingerprint density at radius 3 is 2.50 bits per heavy atom. The van der Waals surface area contributed by atoms with E-state index in [4.69, 9.17) is 9.47 Å². The van der Waals surface area contributed by atoms with E-state index in [1.165, 1.54) is 14.2 Å². The predicted molar refractivity (Wildman–Crippen MR) is 71.1 cm³/mol. The molecule has 0 spiro atoms. The standard InChI is InChI=1S/C14H17NO5/c1-18-12-9-10(3-4-11(12)14(17)19-2)13(16)15-5-7-20-8-6-15/h3-4,9H,5-8H2,1-2H3. The van der Waals surface area contributed by atoms with Crippen molar-refractivity contribution in [1.29, 1.82) is 0 Å². The van der Waals surface area contributed by atoms with Gasteiger partial charge in [-0.05, 0) is 18.2 Å². The van der Waals surface area contributed by atoms with Gasteiger partial charge in [0.1, 0.15) is 11.3 Å². The molecular formula is C14H17NO5. The summed E-state index contributed by atoms with van der Waals surface area (Å²) in [5.74, 6) is -0.258. The molecule has 2 rings (SSSR count). The Bertz CT molecular complexity index is 508. The summed E-state index contributed by atoms with van der Waals surface area (Å²) in [6.07, 6.45) is 0. The van der Waals surface area contributed by atoms with Gasteiger partial charge in [-0.3, -0.25) is 4.79 Å². The first-order valence-electron chi connectivity index (χ1n) is 6.30. The van der Waals surface area contributed by atoms with Gasteiger partial charge in [-0.25, -0.2) is 4.79 Å². The first-order valence-corrected chi connectivity index (χ1v) is 6.30. The SMILES string of the molecule is COC(=O)c1ccc(C(=O)N2CCOCC2)cc1OC. The number of rotatable bonds is 3. The average molecular weight is 279 g/mol. The second kappa shape index (κ2) is 6.38. The number of amides is 1. The van der Waals surface area contributed by atoms with Gasteiger partial charge in [0.25, 0.3) is 5.91 Å². The molecule has 0 N–H and O–H groups in total. The molecule has 0 saturated carbocycles. The van der Waals surface area contributed by atoms with Gasteiger partial charge in [-0.15, -0.1) is 0 Å². The van der Waals surface area contributed by atoms with Crippen molar-refractivity contribution in [1.82, 2.24) is 4.90 Å². The molecule has 6 heteroatoms. The number of carbonyl (C=O) groups excluding carboxylic acids is 2. The van der Waals surface area contributed by atoms with Crippen molar-refractivity contribution < 1.29 is 23.8 Å². The van der Waals surface area contributed by atoms with E-state index in [0.29, 0.717) is 43.2 Å². The largest absolute Gasteiger partial charge is 0.496 e. The number of ether oxygens (including phenoxy) is 3. The van der Waals surface area contributed by atoms with E-state index in [-0.39, 0.29) is 5.91 Å². The van der Waals surface area contributed by atoms with Crippen LogP contribution in [0.1, 0.15) is 20.7 Å². The molecule has 0 aliphatic carbocycles. The number of methoxy groups -OCH3 is 2. The third kappa shape index (κ3) is 2.91. The summed E-state index contributed by atoms with van der Waals surface area (Å²) in [7, 11) is 2.75. The maximum atomic E-state index is 12.3. The smallest absolute Gasteiger partial charge is 0.341 e. The topological polar surface area (TPSA) is 65.1 Å². The third-order valence-electron chi connectivity index (χ3n) is 3.15. The first kappa shape index (κ1) is 14.3. The molecule has 0 unspecified atom stereocenters. The molecule has 0 radical (unpaired) electrons. The molecule has 6 nitrogen and oxygen atoms in total. The number of hydrogen-bond acceptors (Lipinski definition) is 5. The zero-order chi connectivity index (χ0) is 14.5. The van der Waals surface area contributed by atoms with Crippen molar-refractivity contribution in [2.45, 2.75) is 0 Å². The minimum atomic E-state index is -0.493. The van der Waals surface area contributed by atoms with E-state index in [1.807, 2.05) is 0 Å². The van der Waals surface area contributed by atoms with E-state index in [1.54, 1.807) is 23.1 Å². The van der Waals surface area contributed by atoms with Crippen molar-refractivity contribution in [3.63, 3.8) is 0 Å². The maximum absolute atomic E-state index is 12.3. The molecule has 20 heavy (non-hydrogen) atoms. The highest BCUT2D eigenvalue weighted by atomic mass is 16.5. The van der Waals surface area contributed by atoms with Crippen LogP contribution in [0.4, 0.5) is 0 Å². The van der Waals surface area contributed by atoms with E-state index >= 15 is 0 Å². The van der Waals surface area contributed by atoms with Gasteiger partial charge in [0.05, 0.1) is 27.4 Å². The fourth-order valence-corrected chi connectivity index (χ4v) is 2.05. The molecule has 1 amide bonds. The number of nitrogens with zero attached hydrogens (tertiary/aromatic N) is 1. The maximum Gasteiger partial charge on any atom is 0.341 e.